The molecular formula is C10H8Br2N4O4S. The highest BCUT2D eigenvalue weighted by molar-refractivity contribution is 9.10. The molecule has 2 rings (SSSR count). The molecule has 0 spiro atoms. The van der Waals surface area contributed by atoms with E-state index in [4.69, 9.17) is 5.11 Å². The summed E-state index contributed by atoms with van der Waals surface area (Å²) in [6, 6.07) is 4.09. The molecule has 0 aliphatic rings. The Morgan fingerprint density at radius 1 is 1.38 bits per heavy atom. The first-order valence-corrected chi connectivity index (χ1v) is 8.40. The number of rotatable bonds is 4. The highest BCUT2D eigenvalue weighted by atomic mass is 79.9. The predicted molar refractivity (Wildman–Crippen MR) is 80.6 cm³/mol. The fourth-order valence-corrected chi connectivity index (χ4v) is 4.13. The fourth-order valence-electron chi connectivity index (χ4n) is 1.56. The van der Waals surface area contributed by atoms with Crippen LogP contribution in [-0.2, 0) is 17.1 Å². The Morgan fingerprint density at radius 3 is 2.57 bits per heavy atom. The summed E-state index contributed by atoms with van der Waals surface area (Å²) in [5.41, 5.74) is 0.0566. The molecule has 112 valence electrons. The van der Waals surface area contributed by atoms with E-state index in [1.165, 1.54) is 25.2 Å². The lowest BCUT2D eigenvalue weighted by Crippen LogP contribution is -2.17. The number of sulfonamides is 1. The van der Waals surface area contributed by atoms with Crippen molar-refractivity contribution in [3.05, 3.63) is 32.8 Å². The maximum Gasteiger partial charge on any atom is 0.336 e. The van der Waals surface area contributed by atoms with Crippen LogP contribution >= 0.6 is 31.9 Å². The summed E-state index contributed by atoms with van der Waals surface area (Å²) in [7, 11) is -2.53. The second-order valence-corrected chi connectivity index (χ2v) is 7.12. The molecule has 0 saturated heterocycles. The average molecular weight is 440 g/mol. The van der Waals surface area contributed by atoms with Crippen LogP contribution in [0, 0.1) is 0 Å². The van der Waals surface area contributed by atoms with Gasteiger partial charge in [0.1, 0.15) is 0 Å². The minimum atomic E-state index is -3.95. The van der Waals surface area contributed by atoms with E-state index < -0.39 is 16.0 Å². The van der Waals surface area contributed by atoms with Gasteiger partial charge in [0, 0.05) is 17.2 Å². The van der Waals surface area contributed by atoms with E-state index >= 15 is 0 Å². The van der Waals surface area contributed by atoms with Gasteiger partial charge >= 0.3 is 5.97 Å². The molecule has 0 aliphatic heterocycles. The highest BCUT2D eigenvalue weighted by Gasteiger charge is 2.24. The third kappa shape index (κ3) is 3.24. The molecule has 1 aromatic heterocycles. The van der Waals surface area contributed by atoms with E-state index in [-0.39, 0.29) is 20.9 Å². The number of hydrogen-bond acceptors (Lipinski definition) is 5. The van der Waals surface area contributed by atoms with Crippen molar-refractivity contribution in [1.82, 2.24) is 15.0 Å². The van der Waals surface area contributed by atoms with E-state index in [0.29, 0.717) is 4.47 Å². The minimum absolute atomic E-state index is 0.0580. The van der Waals surface area contributed by atoms with Gasteiger partial charge in [-0.3, -0.25) is 4.72 Å². The third-order valence-electron chi connectivity index (χ3n) is 2.44. The molecule has 8 nitrogen and oxygen atoms in total. The lowest BCUT2D eigenvalue weighted by Gasteiger charge is -2.09. The molecule has 0 bridgehead atoms. The summed E-state index contributed by atoms with van der Waals surface area (Å²) in [5.74, 6) is -1.17. The topological polar surface area (TPSA) is 114 Å². The third-order valence-corrected chi connectivity index (χ3v) is 5.40. The summed E-state index contributed by atoms with van der Waals surface area (Å²) < 4.78 is 28.3. The Labute approximate surface area is 136 Å². The number of nitrogens with zero attached hydrogens (tertiary/aromatic N) is 3. The number of carboxylic acids is 1. The zero-order chi connectivity index (χ0) is 15.8. The molecule has 0 radical (unpaired) electrons. The van der Waals surface area contributed by atoms with Crippen LogP contribution < -0.4 is 4.72 Å². The lowest BCUT2D eigenvalue weighted by atomic mass is 10.2. The van der Waals surface area contributed by atoms with E-state index in [2.05, 4.69) is 46.9 Å². The molecule has 2 N–H and O–H groups in total. The van der Waals surface area contributed by atoms with Crippen LogP contribution in [0.5, 0.6) is 0 Å². The quantitative estimate of drug-likeness (QED) is 0.751. The summed E-state index contributed by atoms with van der Waals surface area (Å²) >= 11 is 6.08. The van der Waals surface area contributed by atoms with Crippen LogP contribution in [0.2, 0.25) is 0 Å². The first kappa shape index (κ1) is 15.9. The Bertz CT molecular complexity index is 799. The highest BCUT2D eigenvalue weighted by Crippen LogP contribution is 2.25. The number of anilines is 1. The fraction of sp³-hybridized carbons (Fsp3) is 0.100. The van der Waals surface area contributed by atoms with Crippen molar-refractivity contribution >= 4 is 53.5 Å². The van der Waals surface area contributed by atoms with Crippen LogP contribution in [0.25, 0.3) is 0 Å². The number of hydrogen-bond donors (Lipinski definition) is 2. The summed E-state index contributed by atoms with van der Waals surface area (Å²) in [4.78, 5) is 11.0. The molecular weight excluding hydrogens is 432 g/mol. The number of carbonyl (C=O) groups is 1. The van der Waals surface area contributed by atoms with Gasteiger partial charge in [0.2, 0.25) is 5.03 Å². The summed E-state index contributed by atoms with van der Waals surface area (Å²) in [6.07, 6.45) is 0. The predicted octanol–water partition coefficient (Wildman–Crippen LogP) is 1.84. The van der Waals surface area contributed by atoms with Gasteiger partial charge in [0.05, 0.1) is 5.56 Å². The molecule has 0 atom stereocenters. The first-order valence-electron chi connectivity index (χ1n) is 5.33. The number of nitrogens with one attached hydrogen (secondary N) is 1. The molecule has 0 aliphatic carbocycles. The van der Waals surface area contributed by atoms with Crippen LogP contribution in [-0.4, -0.2) is 34.5 Å². The van der Waals surface area contributed by atoms with Crippen molar-refractivity contribution in [2.24, 2.45) is 7.05 Å². The zero-order valence-electron chi connectivity index (χ0n) is 10.4. The lowest BCUT2D eigenvalue weighted by molar-refractivity contribution is 0.0696. The average Bonchev–Trinajstić information content (AvgIpc) is 2.71. The van der Waals surface area contributed by atoms with Gasteiger partial charge in [0.15, 0.2) is 4.60 Å². The smallest absolute Gasteiger partial charge is 0.336 e. The molecule has 21 heavy (non-hydrogen) atoms. The van der Waals surface area contributed by atoms with Crippen molar-refractivity contribution in [1.29, 1.82) is 0 Å². The normalized spacial score (nSPS) is 11.4. The van der Waals surface area contributed by atoms with Crippen LogP contribution in [0.1, 0.15) is 10.4 Å². The number of benzene rings is 1. The maximum absolute atomic E-state index is 12.3. The second-order valence-electron chi connectivity index (χ2n) is 3.91. The van der Waals surface area contributed by atoms with Crippen LogP contribution in [0.3, 0.4) is 0 Å². The van der Waals surface area contributed by atoms with E-state index in [0.717, 1.165) is 4.68 Å². The Morgan fingerprint density at radius 2 is 2.05 bits per heavy atom. The maximum atomic E-state index is 12.3. The van der Waals surface area contributed by atoms with Crippen molar-refractivity contribution in [3.8, 4) is 0 Å². The molecule has 1 heterocycles. The van der Waals surface area contributed by atoms with E-state index in [1.807, 2.05) is 0 Å². The summed E-state index contributed by atoms with van der Waals surface area (Å²) in [5, 5.41) is 16.0. The van der Waals surface area contributed by atoms with Gasteiger partial charge < -0.3 is 5.11 Å². The molecule has 0 fully saturated rings. The summed E-state index contributed by atoms with van der Waals surface area (Å²) in [6.45, 7) is 0. The minimum Gasteiger partial charge on any atom is -0.478 e. The SMILES string of the molecule is Cn1nnc(Br)c1S(=O)(=O)Nc1ccc(Br)c(C(=O)O)c1. The van der Waals surface area contributed by atoms with Gasteiger partial charge in [-0.15, -0.1) is 5.10 Å². The molecule has 1 aromatic carbocycles. The van der Waals surface area contributed by atoms with Crippen molar-refractivity contribution in [2.45, 2.75) is 5.03 Å². The van der Waals surface area contributed by atoms with E-state index in [1.54, 1.807) is 0 Å². The standard InChI is InChI=1S/C10H8Br2N4O4S/c1-16-9(8(12)13-15-16)21(19,20)14-5-2-3-7(11)6(4-5)10(17)18/h2-4,14H,1H3,(H,17,18). The number of carboxylic acid groups (broad SMARTS) is 1. The van der Waals surface area contributed by atoms with Gasteiger partial charge in [-0.2, -0.15) is 8.42 Å². The van der Waals surface area contributed by atoms with Gasteiger partial charge in [-0.05, 0) is 50.1 Å². The number of aromatic carboxylic acids is 1. The van der Waals surface area contributed by atoms with Crippen LogP contribution in [0.4, 0.5) is 5.69 Å². The first-order chi connectivity index (χ1) is 9.72. The number of aromatic nitrogens is 3. The molecule has 2 aromatic rings. The van der Waals surface area contributed by atoms with Gasteiger partial charge in [-0.1, -0.05) is 5.21 Å². The molecule has 0 unspecified atom stereocenters. The molecule has 0 amide bonds. The largest absolute Gasteiger partial charge is 0.478 e. The Balaban J connectivity index is 2.42. The van der Waals surface area contributed by atoms with Crippen LogP contribution in [0.15, 0.2) is 32.3 Å². The second kappa shape index (κ2) is 5.73. The van der Waals surface area contributed by atoms with Gasteiger partial charge in [-0.25, -0.2) is 9.48 Å². The van der Waals surface area contributed by atoms with Crippen molar-refractivity contribution in [3.63, 3.8) is 0 Å². The zero-order valence-corrected chi connectivity index (χ0v) is 14.4. The number of halogens is 2. The monoisotopic (exact) mass is 438 g/mol. The Hall–Kier alpha value is -1.46. The van der Waals surface area contributed by atoms with Crippen molar-refractivity contribution in [2.75, 3.05) is 4.72 Å². The molecule has 0 saturated carbocycles. The molecule has 11 heteroatoms. The van der Waals surface area contributed by atoms with Crippen molar-refractivity contribution < 1.29 is 18.3 Å². The Kier molecular flexibility index (Phi) is 4.35. The number of aryl methyl sites for hydroxylation is 1. The van der Waals surface area contributed by atoms with Gasteiger partial charge in [0.25, 0.3) is 10.0 Å². The van der Waals surface area contributed by atoms with E-state index in [9.17, 15) is 13.2 Å².